The van der Waals surface area contributed by atoms with E-state index in [1.165, 1.54) is 6.07 Å². The number of carboxylic acids is 1. The highest BCUT2D eigenvalue weighted by Crippen LogP contribution is 2.31. The van der Waals surface area contributed by atoms with Crippen LogP contribution in [0.5, 0.6) is 0 Å². The lowest BCUT2D eigenvalue weighted by Crippen LogP contribution is -2.33. The van der Waals surface area contributed by atoms with Gasteiger partial charge >= 0.3 is 5.97 Å². The summed E-state index contributed by atoms with van der Waals surface area (Å²) in [6, 6.07) is 3.14. The second kappa shape index (κ2) is 5.51. The molecule has 0 saturated heterocycles. The third kappa shape index (κ3) is 3.90. The number of carboxylic acid groups (broad SMARTS) is 1. The molecule has 1 rings (SSSR count). The second-order valence-corrected chi connectivity index (χ2v) is 4.80. The van der Waals surface area contributed by atoms with Gasteiger partial charge in [-0.2, -0.15) is 0 Å². The Morgan fingerprint density at radius 2 is 1.90 bits per heavy atom. The van der Waals surface area contributed by atoms with Gasteiger partial charge in [0.1, 0.15) is 5.69 Å². The molecule has 0 aliphatic rings. The number of hydrogen-bond donors (Lipinski definition) is 2. The minimum absolute atomic E-state index is 0.0341. The van der Waals surface area contributed by atoms with Gasteiger partial charge < -0.3 is 10.4 Å². The van der Waals surface area contributed by atoms with Crippen LogP contribution in [0.2, 0.25) is 0 Å². The van der Waals surface area contributed by atoms with Crippen LogP contribution in [0.4, 0.5) is 17.1 Å². The smallest absolute Gasteiger partial charge is 0.305 e. The predicted octanol–water partition coefficient (Wildman–Crippen LogP) is 2.17. The number of non-ortho nitro benzene ring substituents is 1. The number of nitro benzene ring substituents is 2. The van der Waals surface area contributed by atoms with Crippen molar-refractivity contribution < 1.29 is 19.7 Å². The molecule has 0 spiro atoms. The maximum absolute atomic E-state index is 10.9. The van der Waals surface area contributed by atoms with Gasteiger partial charge in [0, 0.05) is 11.6 Å². The van der Waals surface area contributed by atoms with Gasteiger partial charge in [-0.3, -0.25) is 25.0 Å². The number of anilines is 1. The molecule has 0 heterocycles. The minimum atomic E-state index is -1.06. The Kier molecular flexibility index (Phi) is 4.23. The van der Waals surface area contributed by atoms with Gasteiger partial charge in [0.15, 0.2) is 0 Å². The number of rotatable bonds is 6. The lowest BCUT2D eigenvalue weighted by molar-refractivity contribution is -0.393. The second-order valence-electron chi connectivity index (χ2n) is 4.80. The largest absolute Gasteiger partial charge is 0.481 e. The van der Waals surface area contributed by atoms with Crippen LogP contribution in [-0.2, 0) is 4.79 Å². The summed E-state index contributed by atoms with van der Waals surface area (Å²) < 4.78 is 0. The molecule has 0 unspecified atom stereocenters. The van der Waals surface area contributed by atoms with E-state index in [2.05, 4.69) is 5.32 Å². The van der Waals surface area contributed by atoms with Crippen molar-refractivity contribution in [2.45, 2.75) is 25.8 Å². The van der Waals surface area contributed by atoms with Gasteiger partial charge in [-0.05, 0) is 19.9 Å². The lowest BCUT2D eigenvalue weighted by Gasteiger charge is -2.25. The minimum Gasteiger partial charge on any atom is -0.481 e. The third-order valence-corrected chi connectivity index (χ3v) is 2.46. The van der Waals surface area contributed by atoms with E-state index in [4.69, 9.17) is 5.11 Å². The first-order valence-electron chi connectivity index (χ1n) is 5.55. The van der Waals surface area contributed by atoms with E-state index in [0.717, 1.165) is 12.1 Å². The van der Waals surface area contributed by atoms with E-state index in [-0.39, 0.29) is 12.1 Å². The molecule has 0 fully saturated rings. The predicted molar refractivity (Wildman–Crippen MR) is 69.7 cm³/mol. The summed E-state index contributed by atoms with van der Waals surface area (Å²) in [6.45, 7) is 3.12. The zero-order valence-corrected chi connectivity index (χ0v) is 10.8. The van der Waals surface area contributed by atoms with E-state index < -0.39 is 32.7 Å². The molecule has 1 aromatic rings. The fourth-order valence-electron chi connectivity index (χ4n) is 1.68. The van der Waals surface area contributed by atoms with Crippen LogP contribution in [0.25, 0.3) is 0 Å². The summed E-state index contributed by atoms with van der Waals surface area (Å²) in [5.74, 6) is -1.06. The number of nitrogens with zero attached hydrogens (tertiary/aromatic N) is 2. The molecule has 0 aromatic heterocycles. The highest BCUT2D eigenvalue weighted by molar-refractivity contribution is 5.71. The average Bonchev–Trinajstić information content (AvgIpc) is 2.26. The van der Waals surface area contributed by atoms with Crippen LogP contribution in [-0.4, -0.2) is 26.5 Å². The van der Waals surface area contributed by atoms with E-state index in [1.54, 1.807) is 13.8 Å². The van der Waals surface area contributed by atoms with Crippen molar-refractivity contribution in [3.63, 3.8) is 0 Å². The van der Waals surface area contributed by atoms with Crippen LogP contribution < -0.4 is 5.32 Å². The zero-order valence-electron chi connectivity index (χ0n) is 10.8. The molecule has 0 atom stereocenters. The Morgan fingerprint density at radius 1 is 1.30 bits per heavy atom. The molecule has 9 nitrogen and oxygen atoms in total. The summed E-state index contributed by atoms with van der Waals surface area (Å²) in [6.07, 6.45) is -0.263. The van der Waals surface area contributed by atoms with Gasteiger partial charge in [-0.15, -0.1) is 0 Å². The topological polar surface area (TPSA) is 136 Å². The maximum Gasteiger partial charge on any atom is 0.305 e. The Balaban J connectivity index is 3.15. The van der Waals surface area contributed by atoms with Crippen LogP contribution in [0, 0.1) is 20.2 Å². The molecule has 0 amide bonds. The summed E-state index contributed by atoms with van der Waals surface area (Å²) in [4.78, 5) is 30.7. The first-order chi connectivity index (χ1) is 9.12. The lowest BCUT2D eigenvalue weighted by atomic mass is 10.00. The fourth-order valence-corrected chi connectivity index (χ4v) is 1.68. The van der Waals surface area contributed by atoms with Gasteiger partial charge in [-0.25, -0.2) is 0 Å². The quantitative estimate of drug-likeness (QED) is 0.603. The SMILES string of the molecule is CC(C)(CC(=O)O)Nc1ccc([N+](=O)[O-])cc1[N+](=O)[O-]. The third-order valence-electron chi connectivity index (χ3n) is 2.46. The van der Waals surface area contributed by atoms with Crippen molar-refractivity contribution in [3.8, 4) is 0 Å². The van der Waals surface area contributed by atoms with Gasteiger partial charge in [0.2, 0.25) is 0 Å². The van der Waals surface area contributed by atoms with Crippen LogP contribution in [0.1, 0.15) is 20.3 Å². The van der Waals surface area contributed by atoms with Gasteiger partial charge in [0.05, 0.1) is 22.3 Å². The first-order valence-corrected chi connectivity index (χ1v) is 5.55. The molecule has 0 aliphatic carbocycles. The number of nitro groups is 2. The molecule has 0 aliphatic heterocycles. The van der Waals surface area contributed by atoms with Crippen molar-refractivity contribution in [1.29, 1.82) is 0 Å². The van der Waals surface area contributed by atoms with Gasteiger partial charge in [-0.1, -0.05) is 0 Å². The first kappa shape index (κ1) is 15.3. The van der Waals surface area contributed by atoms with Crippen molar-refractivity contribution >= 4 is 23.0 Å². The van der Waals surface area contributed by atoms with E-state index in [1.807, 2.05) is 0 Å². The number of benzene rings is 1. The number of hydrogen-bond acceptors (Lipinski definition) is 6. The molecule has 0 bridgehead atoms. The van der Waals surface area contributed by atoms with Crippen molar-refractivity contribution in [3.05, 3.63) is 38.4 Å². The highest BCUT2D eigenvalue weighted by Gasteiger charge is 2.26. The summed E-state index contributed by atoms with van der Waals surface area (Å²) in [7, 11) is 0. The Bertz CT molecular complexity index is 569. The average molecular weight is 283 g/mol. The molecule has 20 heavy (non-hydrogen) atoms. The number of nitrogens with one attached hydrogen (secondary N) is 1. The summed E-state index contributed by atoms with van der Waals surface area (Å²) in [5.41, 5.74) is -1.78. The van der Waals surface area contributed by atoms with Crippen LogP contribution in [0.3, 0.4) is 0 Å². The molecule has 0 radical (unpaired) electrons. The summed E-state index contributed by atoms with van der Waals surface area (Å²) in [5, 5.41) is 33.0. The fraction of sp³-hybridized carbons (Fsp3) is 0.364. The molecule has 1 aromatic carbocycles. The van der Waals surface area contributed by atoms with Crippen molar-refractivity contribution in [1.82, 2.24) is 0 Å². The van der Waals surface area contributed by atoms with Gasteiger partial charge in [0.25, 0.3) is 11.4 Å². The molecular formula is C11H13N3O6. The number of aliphatic carboxylic acids is 1. The van der Waals surface area contributed by atoms with E-state index >= 15 is 0 Å². The van der Waals surface area contributed by atoms with Crippen molar-refractivity contribution in [2.75, 3.05) is 5.32 Å². The van der Waals surface area contributed by atoms with Crippen LogP contribution in [0.15, 0.2) is 18.2 Å². The standard InChI is InChI=1S/C11H13N3O6/c1-11(2,6-10(15)16)12-8-4-3-7(13(17)18)5-9(8)14(19)20/h3-5,12H,6H2,1-2H3,(H,15,16). The van der Waals surface area contributed by atoms with Crippen molar-refractivity contribution in [2.24, 2.45) is 0 Å². The molecule has 108 valence electrons. The van der Waals surface area contributed by atoms with E-state index in [0.29, 0.717) is 0 Å². The molecule has 9 heteroatoms. The molecule has 0 saturated carbocycles. The maximum atomic E-state index is 10.9. The molecular weight excluding hydrogens is 270 g/mol. The monoisotopic (exact) mass is 283 g/mol. The molecule has 2 N–H and O–H groups in total. The zero-order chi connectivity index (χ0) is 15.5. The Hall–Kier alpha value is -2.71. The Morgan fingerprint density at radius 3 is 2.35 bits per heavy atom. The summed E-state index contributed by atoms with van der Waals surface area (Å²) >= 11 is 0. The highest BCUT2D eigenvalue weighted by atomic mass is 16.6. The number of carbonyl (C=O) groups is 1. The Labute approximate surface area is 113 Å². The normalized spacial score (nSPS) is 10.9. The van der Waals surface area contributed by atoms with Crippen LogP contribution >= 0.6 is 0 Å². The van der Waals surface area contributed by atoms with E-state index in [9.17, 15) is 25.0 Å².